The smallest absolute Gasteiger partial charge is 0.316 e. The van der Waals surface area contributed by atoms with Gasteiger partial charge in [-0.2, -0.15) is 0 Å². The van der Waals surface area contributed by atoms with E-state index in [1.807, 2.05) is 6.92 Å². The lowest BCUT2D eigenvalue weighted by molar-refractivity contribution is -0.124. The number of urea groups is 1. The fourth-order valence-corrected chi connectivity index (χ4v) is 1.36. The van der Waals surface area contributed by atoms with Gasteiger partial charge < -0.3 is 21.3 Å². The summed E-state index contributed by atoms with van der Waals surface area (Å²) < 4.78 is 0. The van der Waals surface area contributed by atoms with Gasteiger partial charge in [-0.15, -0.1) is 0 Å². The van der Waals surface area contributed by atoms with Gasteiger partial charge in [0.1, 0.15) is 0 Å². The highest BCUT2D eigenvalue weighted by Crippen LogP contribution is 2.03. The Kier molecular flexibility index (Phi) is 8.13. The lowest BCUT2D eigenvalue weighted by atomic mass is 10.0. The Morgan fingerprint density at radius 1 is 1.24 bits per heavy atom. The molecule has 0 aliphatic carbocycles. The van der Waals surface area contributed by atoms with Gasteiger partial charge in [0, 0.05) is 33.7 Å². The van der Waals surface area contributed by atoms with Crippen LogP contribution < -0.4 is 16.4 Å². The number of rotatable bonds is 7. The van der Waals surface area contributed by atoms with E-state index < -0.39 is 0 Å². The first-order chi connectivity index (χ1) is 8.02. The number of hydrogen-bond donors (Lipinski definition) is 3. The number of amides is 3. The number of carbonyl (C=O) groups is 2. The van der Waals surface area contributed by atoms with Crippen molar-refractivity contribution in [1.29, 1.82) is 0 Å². The summed E-state index contributed by atoms with van der Waals surface area (Å²) in [6, 6.07) is -0.164. The highest BCUT2D eigenvalue weighted by atomic mass is 16.2. The number of hydrogen-bond acceptors (Lipinski definition) is 3. The summed E-state index contributed by atoms with van der Waals surface area (Å²) in [6.07, 6.45) is 1.74. The summed E-state index contributed by atoms with van der Waals surface area (Å²) in [6.45, 7) is 3.24. The fourth-order valence-electron chi connectivity index (χ4n) is 1.36. The van der Waals surface area contributed by atoms with E-state index in [0.717, 1.165) is 12.8 Å². The first kappa shape index (κ1) is 15.7. The van der Waals surface area contributed by atoms with Gasteiger partial charge in [0.15, 0.2) is 0 Å². The van der Waals surface area contributed by atoms with Gasteiger partial charge in [-0.1, -0.05) is 13.3 Å². The molecular weight excluding hydrogens is 220 g/mol. The molecule has 1 unspecified atom stereocenters. The minimum Gasteiger partial charge on any atom is -0.354 e. The molecule has 1 atom stereocenters. The second-order valence-electron chi connectivity index (χ2n) is 4.14. The van der Waals surface area contributed by atoms with E-state index in [1.54, 1.807) is 14.1 Å². The lowest BCUT2D eigenvalue weighted by Gasteiger charge is -2.15. The highest BCUT2D eigenvalue weighted by molar-refractivity contribution is 5.79. The molecule has 6 nitrogen and oxygen atoms in total. The zero-order chi connectivity index (χ0) is 13.3. The Labute approximate surface area is 103 Å². The van der Waals surface area contributed by atoms with Gasteiger partial charge in [-0.05, 0) is 6.42 Å². The van der Waals surface area contributed by atoms with Crippen molar-refractivity contribution in [2.45, 2.75) is 19.8 Å². The van der Waals surface area contributed by atoms with Crippen LogP contribution in [0.25, 0.3) is 0 Å². The molecule has 0 aromatic heterocycles. The number of carbonyl (C=O) groups excluding carboxylic acids is 2. The Morgan fingerprint density at radius 3 is 2.29 bits per heavy atom. The summed E-state index contributed by atoms with van der Waals surface area (Å²) in [4.78, 5) is 24.2. The molecule has 0 aliphatic heterocycles. The van der Waals surface area contributed by atoms with E-state index in [2.05, 4.69) is 10.6 Å². The van der Waals surface area contributed by atoms with Crippen molar-refractivity contribution in [3.8, 4) is 0 Å². The van der Waals surface area contributed by atoms with Crippen LogP contribution in [-0.2, 0) is 4.79 Å². The van der Waals surface area contributed by atoms with Gasteiger partial charge in [0.25, 0.3) is 0 Å². The first-order valence-corrected chi connectivity index (χ1v) is 5.95. The van der Waals surface area contributed by atoms with E-state index in [-0.39, 0.29) is 17.9 Å². The van der Waals surface area contributed by atoms with E-state index in [0.29, 0.717) is 19.6 Å². The average molecular weight is 244 g/mol. The SMILES string of the molecule is CCCC(CN)C(=O)NCCNC(=O)N(C)C. The largest absolute Gasteiger partial charge is 0.354 e. The molecule has 100 valence electrons. The standard InChI is InChI=1S/C11H24N4O2/c1-4-5-9(8-12)10(16)13-6-7-14-11(17)15(2)3/h9H,4-8,12H2,1-3H3,(H,13,16)(H,14,17). The molecule has 17 heavy (non-hydrogen) atoms. The number of nitrogens with two attached hydrogens (primary N) is 1. The summed E-state index contributed by atoms with van der Waals surface area (Å²) in [5.74, 6) is -0.155. The van der Waals surface area contributed by atoms with Crippen LogP contribution in [0.15, 0.2) is 0 Å². The van der Waals surface area contributed by atoms with Crippen LogP contribution >= 0.6 is 0 Å². The van der Waals surface area contributed by atoms with Crippen molar-refractivity contribution >= 4 is 11.9 Å². The van der Waals surface area contributed by atoms with E-state index in [9.17, 15) is 9.59 Å². The van der Waals surface area contributed by atoms with Crippen molar-refractivity contribution in [2.24, 2.45) is 11.7 Å². The molecule has 0 rings (SSSR count). The topological polar surface area (TPSA) is 87.5 Å². The molecule has 0 heterocycles. The van der Waals surface area contributed by atoms with Crippen LogP contribution in [0.5, 0.6) is 0 Å². The van der Waals surface area contributed by atoms with Crippen molar-refractivity contribution in [2.75, 3.05) is 33.7 Å². The Morgan fingerprint density at radius 2 is 1.82 bits per heavy atom. The van der Waals surface area contributed by atoms with Gasteiger partial charge >= 0.3 is 6.03 Å². The lowest BCUT2D eigenvalue weighted by Crippen LogP contribution is -2.42. The highest BCUT2D eigenvalue weighted by Gasteiger charge is 2.14. The van der Waals surface area contributed by atoms with Crippen molar-refractivity contribution in [1.82, 2.24) is 15.5 Å². The number of nitrogens with one attached hydrogen (secondary N) is 2. The molecule has 3 amide bonds. The van der Waals surface area contributed by atoms with Crippen LogP contribution in [-0.4, -0.2) is 50.6 Å². The van der Waals surface area contributed by atoms with Crippen LogP contribution in [0, 0.1) is 5.92 Å². The average Bonchev–Trinajstić information content (AvgIpc) is 2.30. The normalized spacial score (nSPS) is 11.8. The Balaban J connectivity index is 3.73. The van der Waals surface area contributed by atoms with Crippen molar-refractivity contribution in [3.05, 3.63) is 0 Å². The summed E-state index contributed by atoms with van der Waals surface area (Å²) in [5.41, 5.74) is 5.51. The Hall–Kier alpha value is -1.30. The fraction of sp³-hybridized carbons (Fsp3) is 0.818. The molecule has 0 bridgehead atoms. The van der Waals surface area contributed by atoms with Crippen LogP contribution in [0.4, 0.5) is 4.79 Å². The maximum atomic E-state index is 11.6. The van der Waals surface area contributed by atoms with Crippen LogP contribution in [0.3, 0.4) is 0 Å². The zero-order valence-electron chi connectivity index (χ0n) is 11.0. The van der Waals surface area contributed by atoms with Crippen molar-refractivity contribution < 1.29 is 9.59 Å². The predicted octanol–water partition coefficient (Wildman–Crippen LogP) is -0.251. The molecule has 0 fully saturated rings. The van der Waals surface area contributed by atoms with Crippen molar-refractivity contribution in [3.63, 3.8) is 0 Å². The second kappa shape index (κ2) is 8.81. The molecule has 0 saturated heterocycles. The molecular formula is C11H24N4O2. The van der Waals surface area contributed by atoms with E-state index >= 15 is 0 Å². The molecule has 4 N–H and O–H groups in total. The third-order valence-corrected chi connectivity index (χ3v) is 2.40. The summed E-state index contributed by atoms with van der Waals surface area (Å²) in [7, 11) is 3.33. The van der Waals surface area contributed by atoms with Gasteiger partial charge in [0.2, 0.25) is 5.91 Å². The predicted molar refractivity (Wildman–Crippen MR) is 67.5 cm³/mol. The first-order valence-electron chi connectivity index (χ1n) is 5.95. The van der Waals surface area contributed by atoms with Gasteiger partial charge in [0.05, 0.1) is 5.92 Å². The minimum atomic E-state index is -0.164. The molecule has 0 aliphatic rings. The quantitative estimate of drug-likeness (QED) is 0.540. The minimum absolute atomic E-state index is 0.0338. The third-order valence-electron chi connectivity index (χ3n) is 2.40. The van der Waals surface area contributed by atoms with Gasteiger partial charge in [-0.3, -0.25) is 4.79 Å². The second-order valence-corrected chi connectivity index (χ2v) is 4.14. The Bertz CT molecular complexity index is 244. The molecule has 0 aromatic rings. The van der Waals surface area contributed by atoms with E-state index in [4.69, 9.17) is 5.73 Å². The summed E-state index contributed by atoms with van der Waals surface area (Å²) in [5, 5.41) is 5.43. The summed E-state index contributed by atoms with van der Waals surface area (Å²) >= 11 is 0. The molecule has 0 aromatic carbocycles. The maximum Gasteiger partial charge on any atom is 0.316 e. The molecule has 0 saturated carbocycles. The molecule has 6 heteroatoms. The van der Waals surface area contributed by atoms with Gasteiger partial charge in [-0.25, -0.2) is 4.79 Å². The zero-order valence-corrected chi connectivity index (χ0v) is 11.0. The monoisotopic (exact) mass is 244 g/mol. The van der Waals surface area contributed by atoms with Crippen LogP contribution in [0.1, 0.15) is 19.8 Å². The van der Waals surface area contributed by atoms with E-state index in [1.165, 1.54) is 4.90 Å². The number of nitrogens with zero attached hydrogens (tertiary/aromatic N) is 1. The molecule has 0 spiro atoms. The van der Waals surface area contributed by atoms with Crippen LogP contribution in [0.2, 0.25) is 0 Å². The third kappa shape index (κ3) is 6.78. The maximum absolute atomic E-state index is 11.6. The molecule has 0 radical (unpaired) electrons.